The van der Waals surface area contributed by atoms with Crippen LogP contribution in [0.25, 0.3) is 21.8 Å². The lowest BCUT2D eigenvalue weighted by Gasteiger charge is -2.29. The Balaban J connectivity index is 1.45. The molecule has 0 saturated heterocycles. The number of hydrogen-bond acceptors (Lipinski definition) is 21. The number of amides is 13. The lowest BCUT2D eigenvalue weighted by molar-refractivity contribution is -0.145. The number of carbonyl (C=O) groups is 16. The molecule has 0 aliphatic heterocycles. The molecule has 640 valence electrons. The quantitative estimate of drug-likeness (QED) is 0.0157. The molecule has 21 N–H and O–H groups in total. The van der Waals surface area contributed by atoms with Crippen molar-refractivity contribution in [1.82, 2.24) is 79.1 Å². The summed E-state index contributed by atoms with van der Waals surface area (Å²) in [7, 11) is 0. The third kappa shape index (κ3) is 33.9. The number of ether oxygens (including phenoxy) is 1. The highest BCUT2D eigenvalue weighted by Crippen LogP contribution is 2.24. The number of para-hydroxylation sites is 2. The van der Waals surface area contributed by atoms with Gasteiger partial charge in [-0.3, -0.25) is 67.1 Å². The molecule has 2 aromatic heterocycles. The SMILES string of the molecule is C=CCOC(=O)N[C@@H](CC(=O)O)C(=O)N[C@@H](CS)C(=O)N[C@@H](C)C(=O)NC[C@H](CC(=O)N[C@@H](CCCCN)C(=O)NC[C@H](CC(=O)NCC(=O)N[C@@H](CCC(=O)O)C(=O)N[C@@H](CC(C)C)C(=O)N[C@H](C(=O)N[C@@H](Cc1c[nH]c2ccccc12)C(=O)N[C@@H](CS)C(=O)N[C@H](C(=O)O)[C@@H](C)O)C(C)C)CC(C)C)Cc1c[nH]c2ccccc12. The van der Waals surface area contributed by atoms with E-state index >= 15 is 0 Å². The van der Waals surface area contributed by atoms with Gasteiger partial charge < -0.3 is 110 Å². The number of fused-ring (bicyclic) bond motifs is 2. The molecule has 39 heteroatoms. The van der Waals surface area contributed by atoms with Crippen LogP contribution in [0.2, 0.25) is 0 Å². The summed E-state index contributed by atoms with van der Waals surface area (Å²) >= 11 is 8.34. The largest absolute Gasteiger partial charge is 0.481 e. The van der Waals surface area contributed by atoms with Crippen molar-refractivity contribution in [3.63, 3.8) is 0 Å². The average molecular weight is 1660 g/mol. The maximum atomic E-state index is 14.5. The topological polar surface area (TPSA) is 577 Å². The van der Waals surface area contributed by atoms with Crippen molar-refractivity contribution in [1.29, 1.82) is 0 Å². The van der Waals surface area contributed by atoms with Gasteiger partial charge in [0.2, 0.25) is 70.9 Å². The molecule has 0 saturated carbocycles. The lowest BCUT2D eigenvalue weighted by atomic mass is 9.93. The molecule has 4 rings (SSSR count). The molecule has 0 unspecified atom stereocenters. The van der Waals surface area contributed by atoms with Gasteiger partial charge in [-0.05, 0) is 118 Å². The number of benzene rings is 2. The van der Waals surface area contributed by atoms with Crippen LogP contribution in [0.1, 0.15) is 131 Å². The number of hydrogen-bond donors (Lipinski definition) is 22. The molecule has 4 aromatic rings. The van der Waals surface area contributed by atoms with E-state index in [1.54, 1.807) is 64.4 Å². The molecule has 13 amide bonds. The average Bonchev–Trinajstić information content (AvgIpc) is 1.67. The summed E-state index contributed by atoms with van der Waals surface area (Å²) in [5.74, 6) is -17.2. The van der Waals surface area contributed by atoms with Crippen LogP contribution in [0.4, 0.5) is 4.79 Å². The van der Waals surface area contributed by atoms with E-state index < -0.39 is 205 Å². The molecule has 2 aromatic carbocycles. The second-order valence-electron chi connectivity index (χ2n) is 29.6. The fourth-order valence-electron chi connectivity index (χ4n) is 12.5. The zero-order valence-electron chi connectivity index (χ0n) is 66.4. The smallest absolute Gasteiger partial charge is 0.408 e. The van der Waals surface area contributed by atoms with Gasteiger partial charge in [0.1, 0.15) is 61.0 Å². The Bertz CT molecular complexity index is 4040. The Kier molecular flexibility index (Phi) is 41.9. The first-order chi connectivity index (χ1) is 54.9. The van der Waals surface area contributed by atoms with Gasteiger partial charge in [0.05, 0.1) is 19.1 Å². The minimum Gasteiger partial charge on any atom is -0.481 e. The van der Waals surface area contributed by atoms with Crippen molar-refractivity contribution in [3.05, 3.63) is 84.7 Å². The van der Waals surface area contributed by atoms with E-state index in [1.165, 1.54) is 13.0 Å². The summed E-state index contributed by atoms with van der Waals surface area (Å²) in [6.07, 6.45) is 1.02. The first-order valence-corrected chi connectivity index (χ1v) is 39.6. The van der Waals surface area contributed by atoms with Gasteiger partial charge in [-0.25, -0.2) is 9.59 Å². The van der Waals surface area contributed by atoms with Crippen molar-refractivity contribution >= 4 is 142 Å². The van der Waals surface area contributed by atoms with Gasteiger partial charge in [-0.1, -0.05) is 90.6 Å². The fourth-order valence-corrected chi connectivity index (χ4v) is 13.0. The highest BCUT2D eigenvalue weighted by atomic mass is 32.1. The normalized spacial score (nSPS) is 14.6. The molecule has 116 heavy (non-hydrogen) atoms. The van der Waals surface area contributed by atoms with Crippen LogP contribution in [-0.4, -0.2) is 236 Å². The Morgan fingerprint density at radius 2 is 0.974 bits per heavy atom. The zero-order chi connectivity index (χ0) is 86.5. The summed E-state index contributed by atoms with van der Waals surface area (Å²) < 4.78 is 4.80. The van der Waals surface area contributed by atoms with E-state index in [2.05, 4.69) is 111 Å². The van der Waals surface area contributed by atoms with Crippen LogP contribution in [0.15, 0.2) is 73.6 Å². The number of rotatable bonds is 53. The number of nitrogens with two attached hydrogens (primary N) is 1. The summed E-state index contributed by atoms with van der Waals surface area (Å²) in [5, 5.41) is 73.3. The number of carboxylic acids is 3. The third-order valence-electron chi connectivity index (χ3n) is 18.5. The maximum absolute atomic E-state index is 14.5. The van der Waals surface area contributed by atoms with Crippen LogP contribution in [0.3, 0.4) is 0 Å². The number of aliphatic carboxylic acids is 3. The number of aliphatic hydroxyl groups is 1. The number of alkyl carbamates (subject to hydrolysis) is 1. The van der Waals surface area contributed by atoms with Gasteiger partial charge in [0.25, 0.3) is 0 Å². The minimum absolute atomic E-state index is 0.0215. The molecule has 37 nitrogen and oxygen atoms in total. The summed E-state index contributed by atoms with van der Waals surface area (Å²) in [6.45, 7) is 15.5. The van der Waals surface area contributed by atoms with Crippen molar-refractivity contribution in [2.75, 3.05) is 44.3 Å². The van der Waals surface area contributed by atoms with E-state index in [-0.39, 0.29) is 88.1 Å². The molecular weight excluding hydrogens is 1550 g/mol. The fraction of sp³-hybridized carbons (Fsp3) is 0.558. The highest BCUT2D eigenvalue weighted by molar-refractivity contribution is 7.80. The van der Waals surface area contributed by atoms with Crippen molar-refractivity contribution in [2.45, 2.75) is 199 Å². The third-order valence-corrected chi connectivity index (χ3v) is 19.2. The number of aliphatic hydroxyl groups excluding tert-OH is 1. The zero-order valence-corrected chi connectivity index (χ0v) is 68.2. The molecule has 0 fully saturated rings. The molecule has 2 heterocycles. The number of H-pyrrole nitrogens is 2. The van der Waals surface area contributed by atoms with Gasteiger partial charge in [-0.2, -0.15) is 25.3 Å². The van der Waals surface area contributed by atoms with Gasteiger partial charge in [0.15, 0.2) is 6.04 Å². The number of carboxylic acid groups (broad SMARTS) is 3. The predicted octanol–water partition coefficient (Wildman–Crippen LogP) is 0.00120. The Morgan fingerprint density at radius 3 is 1.52 bits per heavy atom. The molecule has 0 spiro atoms. The van der Waals surface area contributed by atoms with Crippen LogP contribution >= 0.6 is 25.3 Å². The Morgan fingerprint density at radius 1 is 0.483 bits per heavy atom. The molecular formula is C77H114N16O21S2. The first-order valence-electron chi connectivity index (χ1n) is 38.3. The van der Waals surface area contributed by atoms with E-state index in [4.69, 9.17) is 10.5 Å². The predicted molar refractivity (Wildman–Crippen MR) is 434 cm³/mol. The van der Waals surface area contributed by atoms with Crippen LogP contribution in [0.5, 0.6) is 0 Å². The summed E-state index contributed by atoms with van der Waals surface area (Å²) in [5.41, 5.74) is 8.69. The van der Waals surface area contributed by atoms with Crippen molar-refractivity contribution in [3.8, 4) is 0 Å². The summed E-state index contributed by atoms with van der Waals surface area (Å²) in [4.78, 5) is 221. The Hall–Kier alpha value is -10.8. The Labute approximate surface area is 683 Å². The van der Waals surface area contributed by atoms with Crippen LogP contribution in [-0.2, 0) is 89.5 Å². The van der Waals surface area contributed by atoms with Crippen LogP contribution < -0.4 is 74.9 Å². The number of aromatic amines is 2. The van der Waals surface area contributed by atoms with Crippen molar-refractivity contribution < 1.29 is 102 Å². The van der Waals surface area contributed by atoms with E-state index in [0.29, 0.717) is 35.7 Å². The van der Waals surface area contributed by atoms with Crippen LogP contribution in [0, 0.1) is 29.6 Å². The molecule has 0 bridgehead atoms. The van der Waals surface area contributed by atoms with Gasteiger partial charge in [0, 0.05) is 84.5 Å². The highest BCUT2D eigenvalue weighted by Gasteiger charge is 2.37. The number of aromatic nitrogens is 2. The summed E-state index contributed by atoms with van der Waals surface area (Å²) in [6, 6.07) is -0.00283. The first kappa shape index (κ1) is 97.6. The van der Waals surface area contributed by atoms with E-state index in [1.807, 2.05) is 38.1 Å². The molecule has 0 aliphatic rings. The van der Waals surface area contributed by atoms with Gasteiger partial charge >= 0.3 is 24.0 Å². The number of nitrogens with one attached hydrogen (secondary N) is 15. The lowest BCUT2D eigenvalue weighted by Crippen LogP contribution is -2.61. The van der Waals surface area contributed by atoms with E-state index in [9.17, 15) is 97.1 Å². The minimum atomic E-state index is -1.74. The number of thiol groups is 2. The van der Waals surface area contributed by atoms with Gasteiger partial charge in [-0.15, -0.1) is 0 Å². The maximum Gasteiger partial charge on any atom is 0.408 e. The standard InChI is InChI=1S/C77H114N16O21S2/c1-10-25-114-77(113)91-57(32-64(100)101)71(106)89-58(38-115)73(108)84-43(8)67(102)82-34-46(28-47-35-79-51-19-13-11-17-49(47)51)30-61(96)85-53(21-15-16-24-78)68(103)83-33-45(26-40(2)3)29-60(95)81-37-62(97)86-54(22-23-63(98)99)69(104)87-55(27-41(4)5)72(107)92-65(42(6)7)75(110)88-56(31-48-36-80-52-20-14-12-18-50(48)52)70(105)90-59(39-116)74(109)93-66(44(9)94)76(111)112/h10-14,17-20,35-36,40-46,53-59,65-66,79-80,94,115-116H,1,15-16,21-34,37-39,78H2,2-9H3,(H,81,95)(H,82,102)(H,83,103)(H,84,108)(H,85,96)(H,86,97)(H,87,104)(H,88,110)(H,89,106)(H,90,105)(H,91,113)(H,92,107)(H,93,109)(H,98,99)(H,100,101)(H,111,112)/t43-,44+,45-,46-,53-,54-,55-,56-,57-,58-,59-,65-,66-/m0/s1. The second kappa shape index (κ2) is 49.9. The number of carbonyl (C=O) groups excluding carboxylic acids is 13. The molecule has 13 atom stereocenters. The molecule has 0 radical (unpaired) electrons. The van der Waals surface area contributed by atoms with Crippen molar-refractivity contribution in [2.24, 2.45) is 35.3 Å². The number of unbranched alkanes of at least 4 members (excludes halogenated alkanes) is 1. The molecule has 0 aliphatic carbocycles. The second-order valence-corrected chi connectivity index (χ2v) is 30.3. The monoisotopic (exact) mass is 1660 g/mol. The van der Waals surface area contributed by atoms with E-state index in [0.717, 1.165) is 23.4 Å².